The number of hydrogen-bond donors (Lipinski definition) is 2. The third kappa shape index (κ3) is 2.56. The van der Waals surface area contributed by atoms with E-state index in [0.29, 0.717) is 6.61 Å². The van der Waals surface area contributed by atoms with Crippen LogP contribution in [0.3, 0.4) is 0 Å². The average Bonchev–Trinajstić information content (AvgIpc) is 3.05. The summed E-state index contributed by atoms with van der Waals surface area (Å²) in [5.41, 5.74) is 3.03. The van der Waals surface area contributed by atoms with Crippen LogP contribution in [0.15, 0.2) is 36.5 Å². The summed E-state index contributed by atoms with van der Waals surface area (Å²) in [5.74, 6) is 2.81. The molecule has 2 aromatic heterocycles. The Balaban J connectivity index is 1.74. The first-order valence-corrected chi connectivity index (χ1v) is 7.95. The van der Waals surface area contributed by atoms with Crippen LogP contribution >= 0.6 is 0 Å². The van der Waals surface area contributed by atoms with Gasteiger partial charge in [0.15, 0.2) is 5.65 Å². The minimum absolute atomic E-state index is 0.671. The lowest BCUT2D eigenvalue weighted by Gasteiger charge is -2.21. The lowest BCUT2D eigenvalue weighted by atomic mass is 10.1. The van der Waals surface area contributed by atoms with Gasteiger partial charge in [0.2, 0.25) is 0 Å². The Labute approximate surface area is 134 Å². The molecule has 0 atom stereocenters. The normalized spacial score (nSPS) is 13.4. The quantitative estimate of drug-likeness (QED) is 0.774. The summed E-state index contributed by atoms with van der Waals surface area (Å²) >= 11 is 0. The van der Waals surface area contributed by atoms with Gasteiger partial charge in [-0.05, 0) is 44.0 Å². The number of hydrogen-bond acceptors (Lipinski definition) is 5. The summed E-state index contributed by atoms with van der Waals surface area (Å²) in [5, 5.41) is 11.3. The SMILES string of the molecule is CCOc1ccc(Nc2c3c(nc4ccnn24)NCCC3)cc1. The van der Waals surface area contributed by atoms with Gasteiger partial charge in [-0.25, -0.2) is 4.98 Å². The molecule has 4 rings (SSSR count). The molecule has 0 saturated carbocycles. The van der Waals surface area contributed by atoms with Crippen LogP contribution < -0.4 is 15.4 Å². The number of nitrogens with one attached hydrogen (secondary N) is 2. The lowest BCUT2D eigenvalue weighted by Crippen LogP contribution is -2.17. The van der Waals surface area contributed by atoms with Gasteiger partial charge >= 0.3 is 0 Å². The van der Waals surface area contributed by atoms with E-state index in [2.05, 4.69) is 20.7 Å². The molecular weight excluding hydrogens is 290 g/mol. The molecule has 0 amide bonds. The first-order valence-electron chi connectivity index (χ1n) is 7.95. The summed E-state index contributed by atoms with van der Waals surface area (Å²) in [7, 11) is 0. The van der Waals surface area contributed by atoms with Crippen LogP contribution in [0.2, 0.25) is 0 Å². The van der Waals surface area contributed by atoms with Crippen molar-refractivity contribution < 1.29 is 4.74 Å². The van der Waals surface area contributed by atoms with Crippen molar-refractivity contribution in [3.8, 4) is 5.75 Å². The van der Waals surface area contributed by atoms with Crippen molar-refractivity contribution in [3.63, 3.8) is 0 Å². The molecule has 1 aliphatic rings. The molecule has 3 aromatic rings. The number of fused-ring (bicyclic) bond motifs is 2. The van der Waals surface area contributed by atoms with Gasteiger partial charge in [-0.1, -0.05) is 0 Å². The zero-order valence-corrected chi connectivity index (χ0v) is 13.0. The third-order valence-corrected chi connectivity index (χ3v) is 3.96. The van der Waals surface area contributed by atoms with Crippen LogP contribution in [-0.4, -0.2) is 27.7 Å². The van der Waals surface area contributed by atoms with Gasteiger partial charge < -0.3 is 15.4 Å². The fourth-order valence-corrected chi connectivity index (χ4v) is 2.90. The van der Waals surface area contributed by atoms with Gasteiger partial charge in [-0.3, -0.25) is 0 Å². The molecule has 0 saturated heterocycles. The molecule has 0 bridgehead atoms. The van der Waals surface area contributed by atoms with E-state index < -0.39 is 0 Å². The maximum atomic E-state index is 5.49. The van der Waals surface area contributed by atoms with E-state index >= 15 is 0 Å². The number of nitrogens with zero attached hydrogens (tertiary/aromatic N) is 3. The summed E-state index contributed by atoms with van der Waals surface area (Å²) in [6, 6.07) is 9.89. The number of rotatable bonds is 4. The van der Waals surface area contributed by atoms with Gasteiger partial charge in [0.1, 0.15) is 17.4 Å². The van der Waals surface area contributed by atoms with Crippen LogP contribution in [0.5, 0.6) is 5.75 Å². The van der Waals surface area contributed by atoms with Gasteiger partial charge in [0, 0.05) is 23.9 Å². The highest BCUT2D eigenvalue weighted by molar-refractivity contribution is 5.70. The molecule has 0 aliphatic carbocycles. The fraction of sp³-hybridized carbons (Fsp3) is 0.294. The zero-order valence-electron chi connectivity index (χ0n) is 13.0. The first kappa shape index (κ1) is 13.9. The third-order valence-electron chi connectivity index (χ3n) is 3.96. The number of ether oxygens (including phenoxy) is 1. The van der Waals surface area contributed by atoms with Gasteiger partial charge in [0.05, 0.1) is 12.8 Å². The molecule has 118 valence electrons. The summed E-state index contributed by atoms with van der Waals surface area (Å²) in [4.78, 5) is 4.65. The van der Waals surface area contributed by atoms with Crippen LogP contribution in [0, 0.1) is 0 Å². The van der Waals surface area contributed by atoms with E-state index in [1.54, 1.807) is 6.20 Å². The van der Waals surface area contributed by atoms with Crippen molar-refractivity contribution in [3.05, 3.63) is 42.1 Å². The second kappa shape index (κ2) is 5.79. The Bertz CT molecular complexity index is 825. The maximum absolute atomic E-state index is 5.49. The molecule has 1 aromatic carbocycles. The van der Waals surface area contributed by atoms with Crippen molar-refractivity contribution in [1.29, 1.82) is 0 Å². The molecule has 2 N–H and O–H groups in total. The molecule has 6 nitrogen and oxygen atoms in total. The van der Waals surface area contributed by atoms with Crippen LogP contribution in [0.25, 0.3) is 5.65 Å². The van der Waals surface area contributed by atoms with Crippen molar-refractivity contribution in [1.82, 2.24) is 14.6 Å². The molecule has 0 spiro atoms. The smallest absolute Gasteiger partial charge is 0.159 e. The van der Waals surface area contributed by atoms with Crippen LogP contribution in [-0.2, 0) is 6.42 Å². The fourth-order valence-electron chi connectivity index (χ4n) is 2.90. The molecule has 0 fully saturated rings. The van der Waals surface area contributed by atoms with E-state index in [1.807, 2.05) is 41.8 Å². The first-order chi connectivity index (χ1) is 11.3. The monoisotopic (exact) mass is 309 g/mol. The largest absolute Gasteiger partial charge is 0.494 e. The Morgan fingerprint density at radius 3 is 2.96 bits per heavy atom. The lowest BCUT2D eigenvalue weighted by molar-refractivity contribution is 0.340. The number of aromatic nitrogens is 3. The average molecular weight is 309 g/mol. The summed E-state index contributed by atoms with van der Waals surface area (Å²) in [6.07, 6.45) is 3.86. The predicted octanol–water partition coefficient (Wildman–Crippen LogP) is 3.23. The molecule has 23 heavy (non-hydrogen) atoms. The highest BCUT2D eigenvalue weighted by Gasteiger charge is 2.18. The van der Waals surface area contributed by atoms with Crippen LogP contribution in [0.4, 0.5) is 17.3 Å². The summed E-state index contributed by atoms with van der Waals surface area (Å²) < 4.78 is 7.36. The number of anilines is 3. The molecule has 0 unspecified atom stereocenters. The van der Waals surface area contributed by atoms with Crippen molar-refractivity contribution in [2.75, 3.05) is 23.8 Å². The van der Waals surface area contributed by atoms with Crippen molar-refractivity contribution >= 4 is 23.0 Å². The highest BCUT2D eigenvalue weighted by atomic mass is 16.5. The minimum Gasteiger partial charge on any atom is -0.494 e. The predicted molar refractivity (Wildman–Crippen MR) is 90.7 cm³/mol. The Hall–Kier alpha value is -2.76. The second-order valence-electron chi connectivity index (χ2n) is 5.50. The van der Waals surface area contributed by atoms with E-state index in [1.165, 1.54) is 5.56 Å². The van der Waals surface area contributed by atoms with Crippen LogP contribution in [0.1, 0.15) is 18.9 Å². The molecule has 1 aliphatic heterocycles. The topological polar surface area (TPSA) is 63.5 Å². The number of benzene rings is 1. The molecule has 3 heterocycles. The van der Waals surface area contributed by atoms with E-state index in [9.17, 15) is 0 Å². The minimum atomic E-state index is 0.671. The zero-order chi connectivity index (χ0) is 15.6. The Morgan fingerprint density at radius 1 is 1.26 bits per heavy atom. The van der Waals surface area contributed by atoms with E-state index in [-0.39, 0.29) is 0 Å². The van der Waals surface area contributed by atoms with Crippen molar-refractivity contribution in [2.24, 2.45) is 0 Å². The van der Waals surface area contributed by atoms with Gasteiger partial charge in [-0.2, -0.15) is 9.61 Å². The standard InChI is InChI=1S/C17H19N5O/c1-2-23-13-7-5-12(6-8-13)20-17-14-4-3-10-18-16(14)21-15-9-11-19-22(15)17/h5-9,11,20H,2-4,10H2,1H3,(H,18,21). The van der Waals surface area contributed by atoms with Crippen molar-refractivity contribution in [2.45, 2.75) is 19.8 Å². The molecule has 0 radical (unpaired) electrons. The highest BCUT2D eigenvalue weighted by Crippen LogP contribution is 2.30. The van der Waals surface area contributed by atoms with E-state index in [0.717, 1.165) is 48.1 Å². The molecule has 6 heteroatoms. The molecular formula is C17H19N5O. The maximum Gasteiger partial charge on any atom is 0.159 e. The van der Waals surface area contributed by atoms with Gasteiger partial charge in [-0.15, -0.1) is 0 Å². The second-order valence-corrected chi connectivity index (χ2v) is 5.50. The van der Waals surface area contributed by atoms with Gasteiger partial charge in [0.25, 0.3) is 0 Å². The Morgan fingerprint density at radius 2 is 2.13 bits per heavy atom. The summed E-state index contributed by atoms with van der Waals surface area (Å²) in [6.45, 7) is 3.62. The Kier molecular flexibility index (Phi) is 3.49. The van der Waals surface area contributed by atoms with E-state index in [4.69, 9.17) is 4.74 Å².